The lowest BCUT2D eigenvalue weighted by molar-refractivity contribution is 0.184. The summed E-state index contributed by atoms with van der Waals surface area (Å²) in [5.41, 5.74) is 4.31. The van der Waals surface area contributed by atoms with Crippen LogP contribution in [0.15, 0.2) is 58.3 Å². The summed E-state index contributed by atoms with van der Waals surface area (Å²) in [6, 6.07) is 10.5. The topological polar surface area (TPSA) is 75.2 Å². The van der Waals surface area contributed by atoms with Crippen molar-refractivity contribution in [2.75, 3.05) is 57.5 Å². The number of aliphatic imine (C=N–C) groups is 2. The van der Waals surface area contributed by atoms with Gasteiger partial charge in [-0.25, -0.2) is 4.99 Å². The van der Waals surface area contributed by atoms with Crippen LogP contribution < -0.4 is 10.2 Å². The van der Waals surface area contributed by atoms with E-state index < -0.39 is 0 Å². The van der Waals surface area contributed by atoms with Crippen LogP contribution >= 0.6 is 0 Å². The molecule has 1 aromatic carbocycles. The van der Waals surface area contributed by atoms with Crippen molar-refractivity contribution in [3.63, 3.8) is 0 Å². The van der Waals surface area contributed by atoms with Crippen molar-refractivity contribution in [3.05, 3.63) is 59.6 Å². The summed E-state index contributed by atoms with van der Waals surface area (Å²) in [6.45, 7) is 8.21. The predicted octanol–water partition coefficient (Wildman–Crippen LogP) is 3.84. The van der Waals surface area contributed by atoms with Crippen molar-refractivity contribution in [3.8, 4) is 0 Å². The molecule has 4 rings (SSSR count). The van der Waals surface area contributed by atoms with Gasteiger partial charge >= 0.3 is 0 Å². The number of aromatic amines is 1. The normalized spacial score (nSPS) is 24.4. The van der Waals surface area contributed by atoms with Gasteiger partial charge in [0.15, 0.2) is 5.82 Å². The molecule has 0 saturated carbocycles. The van der Waals surface area contributed by atoms with E-state index in [0.717, 1.165) is 55.4 Å². The molecular weight excluding hydrogens is 424 g/mol. The standard InChI is InChI=1S/C26H36N8/c1-19-6-13-25(34-16-14-33(5)15-17-34)29-26(28-24-18-20(2)30-31-24)27-23(19)12-9-21-7-10-22(11-8-21)32(3)4/h7-13,18-19H,6,14-17H2,1-5H3,(H2,28,29,30,31)/b12-9+,25-13-,27-23-. The third-order valence-electron chi connectivity index (χ3n) is 6.24. The van der Waals surface area contributed by atoms with Crippen molar-refractivity contribution < 1.29 is 0 Å². The Morgan fingerprint density at radius 2 is 1.79 bits per heavy atom. The molecule has 34 heavy (non-hydrogen) atoms. The minimum absolute atomic E-state index is 0.257. The Hall–Kier alpha value is -3.39. The summed E-state index contributed by atoms with van der Waals surface area (Å²) in [5, 5.41) is 10.6. The van der Waals surface area contributed by atoms with E-state index >= 15 is 0 Å². The lowest BCUT2D eigenvalue weighted by Gasteiger charge is -2.34. The fourth-order valence-electron chi connectivity index (χ4n) is 3.97. The summed E-state index contributed by atoms with van der Waals surface area (Å²) in [7, 11) is 6.27. The number of aryl methyl sites for hydroxylation is 1. The first-order valence-electron chi connectivity index (χ1n) is 11.9. The third-order valence-corrected chi connectivity index (χ3v) is 6.24. The van der Waals surface area contributed by atoms with E-state index in [4.69, 9.17) is 9.98 Å². The Kier molecular flexibility index (Phi) is 7.47. The maximum Gasteiger partial charge on any atom is 0.230 e. The van der Waals surface area contributed by atoms with Crippen LogP contribution in [0.4, 0.5) is 11.5 Å². The van der Waals surface area contributed by atoms with E-state index in [9.17, 15) is 0 Å². The van der Waals surface area contributed by atoms with Gasteiger partial charge in [0.05, 0.1) is 0 Å². The zero-order valence-electron chi connectivity index (χ0n) is 20.9. The average Bonchev–Trinajstić information content (AvgIpc) is 3.23. The number of hydrogen-bond acceptors (Lipinski definition) is 7. The van der Waals surface area contributed by atoms with Crippen LogP contribution in [0.3, 0.4) is 0 Å². The molecule has 180 valence electrons. The minimum Gasteiger partial charge on any atom is -0.378 e. The number of guanidine groups is 1. The first-order valence-corrected chi connectivity index (χ1v) is 11.9. The number of rotatable bonds is 5. The number of nitrogens with zero attached hydrogens (tertiary/aromatic N) is 6. The van der Waals surface area contributed by atoms with Gasteiger partial charge in [0, 0.05) is 69.4 Å². The van der Waals surface area contributed by atoms with Crippen LogP contribution in [-0.2, 0) is 0 Å². The minimum atomic E-state index is 0.257. The van der Waals surface area contributed by atoms with Gasteiger partial charge in [-0.3, -0.25) is 5.10 Å². The molecular formula is C26H36N8. The molecule has 1 aromatic heterocycles. The molecule has 1 unspecified atom stereocenters. The molecule has 2 aliphatic heterocycles. The summed E-state index contributed by atoms with van der Waals surface area (Å²) < 4.78 is 0. The first-order chi connectivity index (χ1) is 16.4. The van der Waals surface area contributed by atoms with Gasteiger partial charge in [-0.1, -0.05) is 25.1 Å². The van der Waals surface area contributed by atoms with E-state index in [0.29, 0.717) is 11.8 Å². The maximum absolute atomic E-state index is 4.97. The first kappa shape index (κ1) is 23.8. The molecule has 0 spiro atoms. The number of aromatic nitrogens is 2. The quantitative estimate of drug-likeness (QED) is 0.709. The fraction of sp³-hybridized carbons (Fsp3) is 0.423. The number of likely N-dealkylation sites (N-methyl/N-ethyl adjacent to an activating group) is 1. The molecule has 3 heterocycles. The molecule has 2 N–H and O–H groups in total. The summed E-state index contributed by atoms with van der Waals surface area (Å²) in [4.78, 5) is 16.7. The van der Waals surface area contributed by atoms with Gasteiger partial charge in [0.2, 0.25) is 5.96 Å². The van der Waals surface area contributed by atoms with Gasteiger partial charge in [0.25, 0.3) is 0 Å². The van der Waals surface area contributed by atoms with Crippen molar-refractivity contribution in [2.45, 2.75) is 20.3 Å². The summed E-state index contributed by atoms with van der Waals surface area (Å²) in [5.74, 6) is 2.52. The number of benzene rings is 1. The van der Waals surface area contributed by atoms with Crippen molar-refractivity contribution >= 4 is 29.3 Å². The maximum atomic E-state index is 4.97. The van der Waals surface area contributed by atoms with Crippen LogP contribution in [0.25, 0.3) is 6.08 Å². The van der Waals surface area contributed by atoms with Gasteiger partial charge in [0.1, 0.15) is 5.82 Å². The number of nitrogens with one attached hydrogen (secondary N) is 2. The molecule has 0 bridgehead atoms. The molecule has 2 aromatic rings. The third kappa shape index (κ3) is 6.14. The second kappa shape index (κ2) is 10.7. The van der Waals surface area contributed by atoms with E-state index in [1.807, 2.05) is 13.0 Å². The largest absolute Gasteiger partial charge is 0.378 e. The molecule has 2 aliphatic rings. The second-order valence-electron chi connectivity index (χ2n) is 9.34. The van der Waals surface area contributed by atoms with Crippen LogP contribution in [0.2, 0.25) is 0 Å². The highest BCUT2D eigenvalue weighted by atomic mass is 15.3. The van der Waals surface area contributed by atoms with E-state index in [1.165, 1.54) is 5.69 Å². The van der Waals surface area contributed by atoms with E-state index in [-0.39, 0.29) is 5.92 Å². The summed E-state index contributed by atoms with van der Waals surface area (Å²) >= 11 is 0. The predicted molar refractivity (Wildman–Crippen MR) is 143 cm³/mol. The molecule has 1 atom stereocenters. The number of anilines is 2. The van der Waals surface area contributed by atoms with Gasteiger partial charge < -0.3 is 20.0 Å². The molecule has 0 radical (unpaired) electrons. The molecule has 0 aliphatic carbocycles. The number of H-pyrrole nitrogens is 1. The van der Waals surface area contributed by atoms with Gasteiger partial charge in [-0.2, -0.15) is 10.1 Å². The Balaban J connectivity index is 1.61. The highest BCUT2D eigenvalue weighted by Crippen LogP contribution is 2.20. The number of piperazine rings is 1. The molecule has 8 nitrogen and oxygen atoms in total. The van der Waals surface area contributed by atoms with Crippen LogP contribution in [0.5, 0.6) is 0 Å². The zero-order valence-corrected chi connectivity index (χ0v) is 20.9. The van der Waals surface area contributed by atoms with Crippen molar-refractivity contribution in [2.24, 2.45) is 15.9 Å². The Bertz CT molecular complexity index is 1080. The van der Waals surface area contributed by atoms with E-state index in [2.05, 4.69) is 101 Å². The lowest BCUT2D eigenvalue weighted by Crippen LogP contribution is -2.43. The summed E-state index contributed by atoms with van der Waals surface area (Å²) in [6.07, 6.45) is 7.37. The van der Waals surface area contributed by atoms with Crippen LogP contribution in [0, 0.1) is 12.8 Å². The van der Waals surface area contributed by atoms with Crippen LogP contribution in [-0.4, -0.2) is 79.0 Å². The smallest absolute Gasteiger partial charge is 0.230 e. The molecule has 0 amide bonds. The highest BCUT2D eigenvalue weighted by molar-refractivity contribution is 6.09. The van der Waals surface area contributed by atoms with Crippen LogP contribution in [0.1, 0.15) is 24.6 Å². The van der Waals surface area contributed by atoms with Crippen molar-refractivity contribution in [1.82, 2.24) is 20.0 Å². The van der Waals surface area contributed by atoms with Gasteiger partial charge in [-0.05, 0) is 50.2 Å². The molecule has 8 heteroatoms. The van der Waals surface area contributed by atoms with E-state index in [1.54, 1.807) is 0 Å². The SMILES string of the molecule is Cc1cc(NC2=N/C(N3CCN(C)CC3)=C/CC(C)C(/C=C/c3ccc(N(C)C)cc3)=N\2)n[nH]1. The van der Waals surface area contributed by atoms with Gasteiger partial charge in [-0.15, -0.1) is 0 Å². The van der Waals surface area contributed by atoms with Crippen molar-refractivity contribution in [1.29, 1.82) is 0 Å². The average molecular weight is 461 g/mol. The molecule has 1 saturated heterocycles. The Morgan fingerprint density at radius 3 is 2.44 bits per heavy atom. The lowest BCUT2D eigenvalue weighted by atomic mass is 9.99. The molecule has 1 fully saturated rings. The second-order valence-corrected chi connectivity index (χ2v) is 9.34. The highest BCUT2D eigenvalue weighted by Gasteiger charge is 2.20. The Morgan fingerprint density at radius 1 is 1.06 bits per heavy atom. The Labute approximate surface area is 202 Å². The zero-order chi connectivity index (χ0) is 24.1. The number of allylic oxidation sites excluding steroid dienone is 2. The monoisotopic (exact) mass is 460 g/mol. The number of hydrogen-bond donors (Lipinski definition) is 2. The fourth-order valence-corrected chi connectivity index (χ4v) is 3.97.